The van der Waals surface area contributed by atoms with Crippen LogP contribution in [-0.4, -0.2) is 106 Å². The summed E-state index contributed by atoms with van der Waals surface area (Å²) in [7, 11) is 1.88. The number of phenolic OH excluding ortho intramolecular Hbond substituents is 1. The van der Waals surface area contributed by atoms with Crippen molar-refractivity contribution in [1.29, 1.82) is 0 Å². The monoisotopic (exact) mass is 707 g/mol. The third-order valence-corrected chi connectivity index (χ3v) is 10.1. The molecule has 14 heteroatoms. The number of nitrogens with zero attached hydrogens (tertiary/aromatic N) is 2. The van der Waals surface area contributed by atoms with E-state index in [-0.39, 0.29) is 36.2 Å². The third-order valence-electron chi connectivity index (χ3n) is 9.30. The molecule has 4 atom stereocenters. The number of carbonyl (C=O) groups is 5. The van der Waals surface area contributed by atoms with Gasteiger partial charge in [-0.15, -0.1) is 0 Å². The van der Waals surface area contributed by atoms with E-state index in [1.807, 2.05) is 4.90 Å². The number of nitrogens with one attached hydrogen (secondary N) is 1. The number of aryl methyl sites for hydroxylation is 2. The largest absolute Gasteiger partial charge is 0.508 e. The number of carbonyl (C=O) groups excluding carboxylic acids is 5. The van der Waals surface area contributed by atoms with Gasteiger partial charge in [-0.1, -0.05) is 38.5 Å². The van der Waals surface area contributed by atoms with E-state index in [4.69, 9.17) is 16.2 Å². The van der Waals surface area contributed by atoms with Crippen molar-refractivity contribution in [3.05, 3.63) is 28.8 Å². The summed E-state index contributed by atoms with van der Waals surface area (Å²) >= 11 is 0. The van der Waals surface area contributed by atoms with Gasteiger partial charge in [0.2, 0.25) is 5.91 Å². The van der Waals surface area contributed by atoms with Crippen LogP contribution in [0.5, 0.6) is 5.75 Å². The molecule has 49 heavy (non-hydrogen) atoms. The zero-order valence-corrected chi connectivity index (χ0v) is 30.6. The molecule has 1 fully saturated rings. The van der Waals surface area contributed by atoms with Crippen LogP contribution >= 0.6 is 0 Å². The first-order valence-corrected chi connectivity index (χ1v) is 18.9. The smallest absolute Gasteiger partial charge is 0.305 e. The lowest BCUT2D eigenvalue weighted by molar-refractivity contribution is -0.157. The number of nitrogens with two attached hydrogens (primary N) is 2. The normalized spacial score (nSPS) is 16.0. The molecule has 276 valence electrons. The lowest BCUT2D eigenvalue weighted by Gasteiger charge is -2.35. The molecule has 0 heterocycles. The molecular formula is C35H57N5O8S. The van der Waals surface area contributed by atoms with Gasteiger partial charge >= 0.3 is 5.97 Å². The minimum Gasteiger partial charge on any atom is -0.508 e. The number of rotatable bonds is 19. The van der Waals surface area contributed by atoms with Crippen molar-refractivity contribution in [2.75, 3.05) is 39.3 Å². The fourth-order valence-corrected chi connectivity index (χ4v) is 6.92. The zero-order valence-electron chi connectivity index (χ0n) is 29.8. The molecule has 2 rings (SSSR count). The van der Waals surface area contributed by atoms with Crippen molar-refractivity contribution in [3.8, 4) is 5.75 Å². The molecule has 0 spiro atoms. The Bertz CT molecular complexity index is 1300. The summed E-state index contributed by atoms with van der Waals surface area (Å²) in [6.07, 6.45) is 9.49. The number of esters is 1. The lowest BCUT2D eigenvalue weighted by atomic mass is 9.84. The van der Waals surface area contributed by atoms with Crippen molar-refractivity contribution < 1.29 is 38.0 Å². The Morgan fingerprint density at radius 2 is 1.63 bits per heavy atom. The highest BCUT2D eigenvalue weighted by atomic mass is 32.2. The van der Waals surface area contributed by atoms with Gasteiger partial charge in [0.25, 0.3) is 17.7 Å². The molecule has 0 saturated heterocycles. The molecule has 6 N–H and O–H groups in total. The number of benzene rings is 1. The molecule has 1 aliphatic carbocycles. The molecule has 13 nitrogen and oxygen atoms in total. The summed E-state index contributed by atoms with van der Waals surface area (Å²) < 4.78 is 16.5. The summed E-state index contributed by atoms with van der Waals surface area (Å²) in [4.78, 5) is 68.7. The molecule has 1 aromatic carbocycles. The van der Waals surface area contributed by atoms with Gasteiger partial charge in [-0.05, 0) is 94.3 Å². The molecule has 2 unspecified atom stereocenters. The van der Waals surface area contributed by atoms with Gasteiger partial charge in [-0.3, -0.25) is 33.1 Å². The van der Waals surface area contributed by atoms with E-state index in [1.54, 1.807) is 33.0 Å². The Hall–Kier alpha value is -3.20. The summed E-state index contributed by atoms with van der Waals surface area (Å²) in [5, 5.41) is 12.3. The van der Waals surface area contributed by atoms with Crippen LogP contribution in [0, 0.1) is 19.8 Å². The van der Waals surface area contributed by atoms with Gasteiger partial charge in [-0.25, -0.2) is 4.90 Å². The molecule has 1 saturated carbocycles. The molecular weight excluding hydrogens is 650 g/mol. The van der Waals surface area contributed by atoms with Crippen LogP contribution in [-0.2, 0) is 45.9 Å². The average Bonchev–Trinajstić information content (AvgIpc) is 3.06. The maximum atomic E-state index is 14.3. The number of amides is 4. The van der Waals surface area contributed by atoms with E-state index in [2.05, 4.69) is 5.32 Å². The summed E-state index contributed by atoms with van der Waals surface area (Å²) in [5.74, 6) is -3.03. The number of ether oxygens (including phenoxy) is 1. The number of aromatic hydroxyl groups is 1. The van der Waals surface area contributed by atoms with Gasteiger partial charge in [0.15, 0.2) is 0 Å². The Morgan fingerprint density at radius 3 is 2.22 bits per heavy atom. The molecule has 0 radical (unpaired) electrons. The van der Waals surface area contributed by atoms with Gasteiger partial charge in [0.05, 0.1) is 31.8 Å². The van der Waals surface area contributed by atoms with Crippen LogP contribution in [0.3, 0.4) is 0 Å². The van der Waals surface area contributed by atoms with Crippen LogP contribution in [0.15, 0.2) is 12.1 Å². The van der Waals surface area contributed by atoms with Crippen molar-refractivity contribution in [2.45, 2.75) is 109 Å². The third kappa shape index (κ3) is 13.9. The summed E-state index contributed by atoms with van der Waals surface area (Å²) in [5.41, 5.74) is 14.7. The number of phenols is 1. The highest BCUT2D eigenvalue weighted by Gasteiger charge is 2.39. The average molecular weight is 708 g/mol. The zero-order chi connectivity index (χ0) is 36.7. The first kappa shape index (κ1) is 42.0. The van der Waals surface area contributed by atoms with E-state index >= 15 is 0 Å². The molecule has 0 aromatic heterocycles. The minimum atomic E-state index is -1.26. The Morgan fingerprint density at radius 1 is 1.00 bits per heavy atom. The van der Waals surface area contributed by atoms with Crippen LogP contribution < -0.4 is 16.8 Å². The Labute approximate surface area is 293 Å². The second-order valence-corrected chi connectivity index (χ2v) is 14.8. The molecule has 1 aromatic rings. The highest BCUT2D eigenvalue weighted by Crippen LogP contribution is 2.29. The van der Waals surface area contributed by atoms with Gasteiger partial charge in [0.1, 0.15) is 5.75 Å². The van der Waals surface area contributed by atoms with Crippen LogP contribution in [0.2, 0.25) is 0 Å². The fraction of sp³-hybridized carbons (Fsp3) is 0.686. The van der Waals surface area contributed by atoms with E-state index in [1.165, 1.54) is 13.4 Å². The van der Waals surface area contributed by atoms with Crippen molar-refractivity contribution in [2.24, 2.45) is 17.4 Å². The van der Waals surface area contributed by atoms with Gasteiger partial charge in [0, 0.05) is 29.2 Å². The van der Waals surface area contributed by atoms with Crippen molar-refractivity contribution in [3.63, 3.8) is 0 Å². The first-order chi connectivity index (χ1) is 23.2. The highest BCUT2D eigenvalue weighted by molar-refractivity contribution is 7.84. The molecule has 1 aliphatic rings. The predicted molar refractivity (Wildman–Crippen MR) is 189 cm³/mol. The molecule has 4 amide bonds. The summed E-state index contributed by atoms with van der Waals surface area (Å²) in [6, 6.07) is 0.0513. The number of hydrogen-bond donors (Lipinski definition) is 4. The number of unbranched alkanes of at least 4 members (excludes halogenated alkanes) is 2. The number of methoxy groups -OCH3 is 1. The second kappa shape index (κ2) is 21.1. The van der Waals surface area contributed by atoms with Crippen molar-refractivity contribution in [1.82, 2.24) is 15.1 Å². The van der Waals surface area contributed by atoms with Crippen molar-refractivity contribution >= 4 is 40.4 Å². The SMILES string of the molecule is COC(=O)CCCCCN(C)[C@@H](CC1CCCCC1)C(=O)N(C(=O)CNC(=O)[C@H](N)Cc1c(C)cc(O)cc1C)C(=O)C(N)CCS(C)=O. The Balaban J connectivity index is 2.27. The van der Waals surface area contributed by atoms with E-state index in [0.29, 0.717) is 37.1 Å². The van der Waals surface area contributed by atoms with Gasteiger partial charge in [-0.2, -0.15) is 0 Å². The van der Waals surface area contributed by atoms with Crippen LogP contribution in [0.4, 0.5) is 0 Å². The Kier molecular flexibility index (Phi) is 18.1. The topological polar surface area (TPSA) is 202 Å². The van der Waals surface area contributed by atoms with Gasteiger partial charge < -0.3 is 26.6 Å². The molecule has 0 aliphatic heterocycles. The van der Waals surface area contributed by atoms with E-state index in [9.17, 15) is 33.3 Å². The minimum absolute atomic E-state index is 0.00486. The van der Waals surface area contributed by atoms with Crippen LogP contribution in [0.25, 0.3) is 0 Å². The number of imide groups is 3. The molecule has 0 bridgehead atoms. The maximum absolute atomic E-state index is 14.3. The first-order valence-electron chi connectivity index (χ1n) is 17.2. The lowest BCUT2D eigenvalue weighted by Crippen LogP contribution is -2.58. The van der Waals surface area contributed by atoms with E-state index < -0.39 is 59.1 Å². The van der Waals surface area contributed by atoms with E-state index in [0.717, 1.165) is 55.2 Å². The summed E-state index contributed by atoms with van der Waals surface area (Å²) in [6.45, 7) is 3.43. The number of likely N-dealkylation sites (N-methyl/N-ethyl adjacent to an activating group) is 1. The van der Waals surface area contributed by atoms with Crippen LogP contribution in [0.1, 0.15) is 87.3 Å². The maximum Gasteiger partial charge on any atom is 0.305 e. The predicted octanol–water partition coefficient (Wildman–Crippen LogP) is 1.98. The standard InChI is InChI=1S/C35H57N5O8S/c1-23-18-26(41)19-24(2)27(23)21-29(37)33(44)38-22-31(42)40(34(45)28(36)15-17-49(5)47)35(46)30(20-25-12-8-6-9-13-25)39(3)16-11-7-10-14-32(43)48-4/h18-19,25,28-30,41H,6-17,20-22,36-37H2,1-5H3,(H,38,44)/t28?,29-,30+,49?/m1/s1. The second-order valence-electron chi connectivity index (χ2n) is 13.3. The quantitative estimate of drug-likeness (QED) is 0.121. The number of hydrogen-bond acceptors (Lipinski definition) is 11. The fourth-order valence-electron chi connectivity index (χ4n) is 6.34.